The van der Waals surface area contributed by atoms with Crippen LogP contribution in [0, 0.1) is 0 Å². The van der Waals surface area contributed by atoms with Gasteiger partial charge >= 0.3 is 0 Å². The third-order valence-electron chi connectivity index (χ3n) is 4.65. The van der Waals surface area contributed by atoms with Crippen LogP contribution in [0.2, 0.25) is 0 Å². The lowest BCUT2D eigenvalue weighted by Gasteiger charge is -2.30. The Morgan fingerprint density at radius 3 is 2.67 bits per heavy atom. The van der Waals surface area contributed by atoms with Gasteiger partial charge in [0.05, 0.1) is 5.69 Å². The van der Waals surface area contributed by atoms with Crippen molar-refractivity contribution in [1.82, 2.24) is 4.90 Å². The van der Waals surface area contributed by atoms with Crippen LogP contribution in [0.25, 0.3) is 0 Å². The fourth-order valence-electron chi connectivity index (χ4n) is 3.31. The molecule has 3 rings (SSSR count). The summed E-state index contributed by atoms with van der Waals surface area (Å²) in [6.07, 6.45) is 3.72. The Morgan fingerprint density at radius 1 is 1.21 bits per heavy atom. The summed E-state index contributed by atoms with van der Waals surface area (Å²) < 4.78 is 29.2. The largest absolute Gasteiger partial charge is 0.339 e. The molecule has 0 aliphatic carbocycles. The molecule has 130 valence electrons. The normalized spacial score (nSPS) is 18.9. The van der Waals surface area contributed by atoms with Crippen molar-refractivity contribution < 1.29 is 13.2 Å². The van der Waals surface area contributed by atoms with E-state index in [1.165, 1.54) is 6.07 Å². The molecule has 1 aromatic carbocycles. The minimum atomic E-state index is -3.75. The van der Waals surface area contributed by atoms with E-state index in [9.17, 15) is 13.2 Å². The molecule has 2 aliphatic rings. The number of carbonyl (C=O) groups is 1. The standard InChI is InChI=1S/C17H23N3O3S/c1-3-19(4-2)17(21)13-9-10-14-15(12-13)24(22,23)18-16-8-6-5-7-11-20(14)16/h9-10,12H,3-8,11H2,1-2H3. The van der Waals surface area contributed by atoms with Crippen molar-refractivity contribution >= 4 is 27.5 Å². The number of benzene rings is 1. The van der Waals surface area contributed by atoms with Gasteiger partial charge in [-0.25, -0.2) is 0 Å². The molecule has 1 aromatic rings. The maximum Gasteiger partial charge on any atom is 0.286 e. The highest BCUT2D eigenvalue weighted by Gasteiger charge is 2.32. The van der Waals surface area contributed by atoms with Gasteiger partial charge in [-0.2, -0.15) is 8.42 Å². The van der Waals surface area contributed by atoms with Gasteiger partial charge in [0.25, 0.3) is 15.9 Å². The van der Waals surface area contributed by atoms with E-state index in [0.717, 1.165) is 25.8 Å². The Labute approximate surface area is 143 Å². The van der Waals surface area contributed by atoms with Gasteiger partial charge in [-0.3, -0.25) is 4.79 Å². The first-order chi connectivity index (χ1) is 11.5. The Morgan fingerprint density at radius 2 is 1.96 bits per heavy atom. The van der Waals surface area contributed by atoms with Crippen LogP contribution in [-0.4, -0.2) is 44.7 Å². The van der Waals surface area contributed by atoms with E-state index in [2.05, 4.69) is 4.40 Å². The molecular weight excluding hydrogens is 326 g/mol. The highest BCUT2D eigenvalue weighted by molar-refractivity contribution is 7.90. The Kier molecular flexibility index (Phi) is 4.62. The lowest BCUT2D eigenvalue weighted by atomic mass is 10.1. The maximum absolute atomic E-state index is 12.6. The number of fused-ring (bicyclic) bond motifs is 3. The first-order valence-corrected chi connectivity index (χ1v) is 9.96. The van der Waals surface area contributed by atoms with E-state index in [4.69, 9.17) is 0 Å². The number of nitrogens with zero attached hydrogens (tertiary/aromatic N) is 3. The van der Waals surface area contributed by atoms with E-state index in [0.29, 0.717) is 36.6 Å². The maximum atomic E-state index is 12.6. The van der Waals surface area contributed by atoms with Gasteiger partial charge in [0.15, 0.2) is 0 Å². The van der Waals surface area contributed by atoms with Gasteiger partial charge in [-0.1, -0.05) is 6.42 Å². The first kappa shape index (κ1) is 17.0. The zero-order valence-electron chi connectivity index (χ0n) is 14.2. The van der Waals surface area contributed by atoms with Crippen LogP contribution >= 0.6 is 0 Å². The van der Waals surface area contributed by atoms with Gasteiger partial charge < -0.3 is 9.80 Å². The highest BCUT2D eigenvalue weighted by atomic mass is 32.2. The van der Waals surface area contributed by atoms with Crippen LogP contribution in [0.1, 0.15) is 49.9 Å². The number of hydrogen-bond acceptors (Lipinski definition) is 4. The lowest BCUT2D eigenvalue weighted by molar-refractivity contribution is 0.0773. The molecule has 2 heterocycles. The molecule has 6 nitrogen and oxygen atoms in total. The minimum Gasteiger partial charge on any atom is -0.339 e. The van der Waals surface area contributed by atoms with Gasteiger partial charge in [0.1, 0.15) is 10.7 Å². The van der Waals surface area contributed by atoms with E-state index < -0.39 is 10.0 Å². The highest BCUT2D eigenvalue weighted by Crippen LogP contribution is 2.35. The number of sulfonamides is 1. The van der Waals surface area contributed by atoms with E-state index in [1.54, 1.807) is 17.0 Å². The van der Waals surface area contributed by atoms with Crippen molar-refractivity contribution in [1.29, 1.82) is 0 Å². The molecule has 0 aromatic heterocycles. The number of rotatable bonds is 3. The first-order valence-electron chi connectivity index (χ1n) is 8.52. The van der Waals surface area contributed by atoms with Gasteiger partial charge in [-0.05, 0) is 44.9 Å². The zero-order chi connectivity index (χ0) is 17.3. The number of carbonyl (C=O) groups excluding carboxylic acids is 1. The average Bonchev–Trinajstić information content (AvgIpc) is 2.80. The van der Waals surface area contributed by atoms with Gasteiger partial charge in [-0.15, -0.1) is 4.40 Å². The SMILES string of the molecule is CCN(CC)C(=O)c1ccc2c(c1)S(=O)(=O)N=C1CCCCCN12. The Hall–Kier alpha value is -1.89. The lowest BCUT2D eigenvalue weighted by Crippen LogP contribution is -2.36. The molecule has 1 fully saturated rings. The Bertz CT molecular complexity index is 782. The summed E-state index contributed by atoms with van der Waals surface area (Å²) in [4.78, 5) is 16.3. The number of amides is 1. The van der Waals surface area contributed by atoms with Crippen molar-refractivity contribution in [3.05, 3.63) is 23.8 Å². The summed E-state index contributed by atoms with van der Waals surface area (Å²) in [7, 11) is -3.75. The molecule has 0 spiro atoms. The summed E-state index contributed by atoms with van der Waals surface area (Å²) in [6, 6.07) is 4.96. The van der Waals surface area contributed by atoms with Crippen molar-refractivity contribution in [3.8, 4) is 0 Å². The fourth-order valence-corrected chi connectivity index (χ4v) is 4.59. The van der Waals surface area contributed by atoms with Crippen molar-refractivity contribution in [2.24, 2.45) is 4.40 Å². The van der Waals surface area contributed by atoms with Crippen LogP contribution in [0.5, 0.6) is 0 Å². The molecule has 7 heteroatoms. The number of anilines is 1. The van der Waals surface area contributed by atoms with Crippen molar-refractivity contribution in [3.63, 3.8) is 0 Å². The average molecular weight is 349 g/mol. The van der Waals surface area contributed by atoms with Crippen LogP contribution in [0.4, 0.5) is 5.69 Å². The molecule has 0 unspecified atom stereocenters. The van der Waals surface area contributed by atoms with Gasteiger partial charge in [0, 0.05) is 31.6 Å². The molecule has 24 heavy (non-hydrogen) atoms. The molecule has 1 saturated heterocycles. The van der Waals surface area contributed by atoms with Crippen LogP contribution in [0.15, 0.2) is 27.5 Å². The quantitative estimate of drug-likeness (QED) is 0.841. The van der Waals surface area contributed by atoms with Crippen molar-refractivity contribution in [2.75, 3.05) is 24.5 Å². The number of amidine groups is 1. The minimum absolute atomic E-state index is 0.145. The molecule has 0 bridgehead atoms. The topological polar surface area (TPSA) is 70.0 Å². The smallest absolute Gasteiger partial charge is 0.286 e. The van der Waals surface area contributed by atoms with Crippen molar-refractivity contribution in [2.45, 2.75) is 44.4 Å². The van der Waals surface area contributed by atoms with E-state index in [1.807, 2.05) is 18.7 Å². The molecular formula is C17H23N3O3S. The third-order valence-corrected chi connectivity index (χ3v) is 5.98. The van der Waals surface area contributed by atoms with Crippen LogP contribution < -0.4 is 4.90 Å². The Balaban J connectivity index is 2.06. The molecule has 0 N–H and O–H groups in total. The summed E-state index contributed by atoms with van der Waals surface area (Å²) in [5.74, 6) is 0.478. The van der Waals surface area contributed by atoms with E-state index >= 15 is 0 Å². The number of hydrogen-bond donors (Lipinski definition) is 0. The predicted octanol–water partition coefficient (Wildman–Crippen LogP) is 2.65. The van der Waals surface area contributed by atoms with Crippen LogP contribution in [-0.2, 0) is 10.0 Å². The second kappa shape index (κ2) is 6.55. The van der Waals surface area contributed by atoms with Crippen LogP contribution in [0.3, 0.4) is 0 Å². The fraction of sp³-hybridized carbons (Fsp3) is 0.529. The van der Waals surface area contributed by atoms with Gasteiger partial charge in [0.2, 0.25) is 0 Å². The molecule has 2 aliphatic heterocycles. The monoisotopic (exact) mass is 349 g/mol. The molecule has 0 saturated carbocycles. The zero-order valence-corrected chi connectivity index (χ0v) is 15.0. The second-order valence-corrected chi connectivity index (χ2v) is 7.68. The van der Waals surface area contributed by atoms with E-state index in [-0.39, 0.29) is 10.8 Å². The second-order valence-electron chi connectivity index (χ2n) is 6.10. The summed E-state index contributed by atoms with van der Waals surface area (Å²) in [6.45, 7) is 5.76. The predicted molar refractivity (Wildman–Crippen MR) is 94.1 cm³/mol. The molecule has 0 radical (unpaired) electrons. The molecule has 0 atom stereocenters. The summed E-state index contributed by atoms with van der Waals surface area (Å²) >= 11 is 0. The molecule has 1 amide bonds. The third kappa shape index (κ3) is 2.92. The summed E-state index contributed by atoms with van der Waals surface area (Å²) in [5, 5.41) is 0. The summed E-state index contributed by atoms with van der Waals surface area (Å²) in [5.41, 5.74) is 1.05.